The maximum absolute atomic E-state index is 12.6. The van der Waals surface area contributed by atoms with Gasteiger partial charge < -0.3 is 10.0 Å². The van der Waals surface area contributed by atoms with E-state index < -0.39 is 30.5 Å². The Bertz CT molecular complexity index is 337. The van der Waals surface area contributed by atoms with Gasteiger partial charge in [-0.15, -0.1) is 0 Å². The largest absolute Gasteiger partial charge is 0.417 e. The molecule has 4 nitrogen and oxygen atoms in total. The molecule has 7 heteroatoms. The smallest absolute Gasteiger partial charge is 0.380 e. The first-order chi connectivity index (χ1) is 7.80. The van der Waals surface area contributed by atoms with E-state index >= 15 is 0 Å². The summed E-state index contributed by atoms with van der Waals surface area (Å²) in [6, 6.07) is 1.66. The number of nitrogens with zero attached hydrogens (tertiary/aromatic N) is 2. The Morgan fingerprint density at radius 1 is 1.41 bits per heavy atom. The quantitative estimate of drug-likeness (QED) is 0.760. The molecule has 17 heavy (non-hydrogen) atoms. The van der Waals surface area contributed by atoms with Crippen LogP contribution in [0.1, 0.15) is 25.7 Å². The topological polar surface area (TPSA) is 64.3 Å². The predicted octanol–water partition coefficient (Wildman–Crippen LogP) is 1.21. The molecular formula is C10H13F3N2O2. The number of nitriles is 1. The number of amides is 1. The number of carbonyl (C=O) groups excluding carboxylic acids is 1. The molecule has 0 aromatic rings. The average Bonchev–Trinajstić information content (AvgIpc) is 2.40. The summed E-state index contributed by atoms with van der Waals surface area (Å²) in [4.78, 5) is 12.6. The lowest BCUT2D eigenvalue weighted by atomic mass is 9.94. The minimum absolute atomic E-state index is 0.0766. The molecule has 0 spiro atoms. The molecule has 1 amide bonds. The third-order valence-corrected chi connectivity index (χ3v) is 2.92. The van der Waals surface area contributed by atoms with E-state index in [-0.39, 0.29) is 25.9 Å². The van der Waals surface area contributed by atoms with E-state index in [4.69, 9.17) is 5.26 Å². The molecule has 1 aliphatic heterocycles. The summed E-state index contributed by atoms with van der Waals surface area (Å²) in [5, 5.41) is 17.8. The van der Waals surface area contributed by atoms with Crippen molar-refractivity contribution in [2.75, 3.05) is 13.1 Å². The highest BCUT2D eigenvalue weighted by atomic mass is 19.4. The summed E-state index contributed by atoms with van der Waals surface area (Å²) < 4.78 is 37.7. The molecule has 1 N–H and O–H groups in total. The van der Waals surface area contributed by atoms with E-state index in [0.717, 1.165) is 0 Å². The van der Waals surface area contributed by atoms with Crippen molar-refractivity contribution in [3.63, 3.8) is 0 Å². The van der Waals surface area contributed by atoms with Gasteiger partial charge in [0.15, 0.2) is 5.60 Å². The molecule has 0 aliphatic carbocycles. The Labute approximate surface area is 96.6 Å². The number of likely N-dealkylation sites (tertiary alicyclic amines) is 1. The molecule has 1 saturated heterocycles. The van der Waals surface area contributed by atoms with Gasteiger partial charge in [0.05, 0.1) is 6.07 Å². The summed E-state index contributed by atoms with van der Waals surface area (Å²) >= 11 is 0. The van der Waals surface area contributed by atoms with Crippen molar-refractivity contribution in [2.24, 2.45) is 0 Å². The normalized spacial score (nSPS) is 26.2. The van der Waals surface area contributed by atoms with E-state index in [1.165, 1.54) is 4.90 Å². The zero-order valence-electron chi connectivity index (χ0n) is 9.13. The van der Waals surface area contributed by atoms with Crippen molar-refractivity contribution >= 4 is 5.91 Å². The monoisotopic (exact) mass is 250 g/mol. The first-order valence-electron chi connectivity index (χ1n) is 5.24. The fraction of sp³-hybridized carbons (Fsp3) is 0.800. The van der Waals surface area contributed by atoms with Crippen molar-refractivity contribution < 1.29 is 23.1 Å². The zero-order valence-corrected chi connectivity index (χ0v) is 9.13. The minimum Gasteiger partial charge on any atom is -0.380 e. The Balaban J connectivity index is 2.68. The Hall–Kier alpha value is -1.29. The Morgan fingerprint density at radius 2 is 2.06 bits per heavy atom. The van der Waals surface area contributed by atoms with Gasteiger partial charge in [-0.2, -0.15) is 18.4 Å². The van der Waals surface area contributed by atoms with Gasteiger partial charge >= 0.3 is 6.18 Å². The van der Waals surface area contributed by atoms with Crippen molar-refractivity contribution in [1.29, 1.82) is 5.26 Å². The lowest BCUT2D eigenvalue weighted by molar-refractivity contribution is -0.263. The van der Waals surface area contributed by atoms with Gasteiger partial charge in [-0.05, 0) is 12.8 Å². The second-order valence-electron chi connectivity index (χ2n) is 4.10. The minimum atomic E-state index is -4.68. The maximum atomic E-state index is 12.6. The molecule has 1 aliphatic rings. The summed E-state index contributed by atoms with van der Waals surface area (Å²) in [7, 11) is 0. The van der Waals surface area contributed by atoms with Crippen LogP contribution in [0.15, 0.2) is 0 Å². The number of halogens is 3. The van der Waals surface area contributed by atoms with Crippen molar-refractivity contribution in [3.8, 4) is 6.07 Å². The van der Waals surface area contributed by atoms with Crippen LogP contribution in [-0.4, -0.2) is 40.8 Å². The van der Waals surface area contributed by atoms with Crippen molar-refractivity contribution in [2.45, 2.75) is 37.5 Å². The number of rotatable bonds is 1. The van der Waals surface area contributed by atoms with Gasteiger partial charge in [0.25, 0.3) is 0 Å². The number of carbonyl (C=O) groups is 1. The molecule has 0 aromatic heterocycles. The van der Waals surface area contributed by atoms with Crippen LogP contribution in [-0.2, 0) is 4.79 Å². The lowest BCUT2D eigenvalue weighted by Crippen LogP contribution is -2.46. The lowest BCUT2D eigenvalue weighted by Gasteiger charge is -2.29. The Kier molecular flexibility index (Phi) is 3.98. The molecule has 0 saturated carbocycles. The van der Waals surface area contributed by atoms with Gasteiger partial charge in [-0.1, -0.05) is 0 Å². The van der Waals surface area contributed by atoms with Crippen LogP contribution in [0.25, 0.3) is 0 Å². The number of aliphatic hydroxyl groups is 1. The molecule has 0 aromatic carbocycles. The molecule has 1 fully saturated rings. The average molecular weight is 250 g/mol. The van der Waals surface area contributed by atoms with E-state index in [1.807, 2.05) is 0 Å². The SMILES string of the molecule is N#CCC(=O)N1CCCC(O)(C(F)(F)F)CC1. The molecular weight excluding hydrogens is 237 g/mol. The third-order valence-electron chi connectivity index (χ3n) is 2.92. The number of hydrogen-bond acceptors (Lipinski definition) is 3. The fourth-order valence-corrected chi connectivity index (χ4v) is 1.83. The predicted molar refractivity (Wildman–Crippen MR) is 51.7 cm³/mol. The van der Waals surface area contributed by atoms with Crippen molar-refractivity contribution in [3.05, 3.63) is 0 Å². The summed E-state index contributed by atoms with van der Waals surface area (Å²) in [5.74, 6) is -0.487. The van der Waals surface area contributed by atoms with Crippen LogP contribution in [0.5, 0.6) is 0 Å². The van der Waals surface area contributed by atoms with Crippen LogP contribution in [0.2, 0.25) is 0 Å². The second-order valence-corrected chi connectivity index (χ2v) is 4.10. The molecule has 96 valence electrons. The molecule has 1 unspecified atom stereocenters. The first-order valence-corrected chi connectivity index (χ1v) is 5.24. The van der Waals surface area contributed by atoms with Crippen LogP contribution in [0.4, 0.5) is 13.2 Å². The first kappa shape index (κ1) is 13.8. The zero-order chi connectivity index (χ0) is 13.1. The third kappa shape index (κ3) is 3.09. The molecule has 0 bridgehead atoms. The highest BCUT2D eigenvalue weighted by Gasteiger charge is 2.53. The highest BCUT2D eigenvalue weighted by Crippen LogP contribution is 2.38. The van der Waals surface area contributed by atoms with Gasteiger partial charge in [0, 0.05) is 19.5 Å². The van der Waals surface area contributed by atoms with Crippen LogP contribution < -0.4 is 0 Å². The van der Waals surface area contributed by atoms with Crippen LogP contribution in [0.3, 0.4) is 0 Å². The molecule has 1 atom stereocenters. The van der Waals surface area contributed by atoms with Crippen molar-refractivity contribution in [1.82, 2.24) is 4.90 Å². The summed E-state index contributed by atoms with van der Waals surface area (Å²) in [6.45, 7) is -0.0184. The van der Waals surface area contributed by atoms with Crippen LogP contribution >= 0.6 is 0 Å². The van der Waals surface area contributed by atoms with Gasteiger partial charge in [0.2, 0.25) is 5.91 Å². The highest BCUT2D eigenvalue weighted by molar-refractivity contribution is 5.78. The summed E-state index contributed by atoms with van der Waals surface area (Å²) in [5.41, 5.74) is -2.71. The molecule has 0 radical (unpaired) electrons. The summed E-state index contributed by atoms with van der Waals surface area (Å²) in [6.07, 6.45) is -5.89. The van der Waals surface area contributed by atoms with Gasteiger partial charge in [0.1, 0.15) is 6.42 Å². The molecule has 1 heterocycles. The van der Waals surface area contributed by atoms with Gasteiger partial charge in [-0.3, -0.25) is 4.79 Å². The standard InChI is InChI=1S/C10H13F3N2O2/c11-10(12,13)9(17)3-1-6-15(7-4-9)8(16)2-5-14/h17H,1-4,6-7H2. The maximum Gasteiger partial charge on any atom is 0.417 e. The van der Waals surface area contributed by atoms with Gasteiger partial charge in [-0.25, -0.2) is 0 Å². The van der Waals surface area contributed by atoms with Crippen LogP contribution in [0, 0.1) is 11.3 Å². The van der Waals surface area contributed by atoms with E-state index in [2.05, 4.69) is 0 Å². The second kappa shape index (κ2) is 4.92. The van der Waals surface area contributed by atoms with E-state index in [9.17, 15) is 23.1 Å². The molecule has 1 rings (SSSR count). The number of alkyl halides is 3. The Morgan fingerprint density at radius 3 is 2.59 bits per heavy atom. The number of hydrogen-bond donors (Lipinski definition) is 1. The van der Waals surface area contributed by atoms with E-state index in [0.29, 0.717) is 0 Å². The van der Waals surface area contributed by atoms with E-state index in [1.54, 1.807) is 6.07 Å². The fourth-order valence-electron chi connectivity index (χ4n) is 1.83.